The standard InChI is InChI=1S/C13H13N3OS/c1-2-17-13-11(6-10-4-3-5-14-7-10)18-12-8-15-9-16(12)13/h3-5,7-9H,2,6H2,1H3. The van der Waals surface area contributed by atoms with Crippen molar-refractivity contribution < 1.29 is 4.74 Å². The first-order valence-corrected chi connectivity index (χ1v) is 6.65. The van der Waals surface area contributed by atoms with E-state index in [1.54, 1.807) is 23.9 Å². The normalized spacial score (nSPS) is 10.9. The lowest BCUT2D eigenvalue weighted by molar-refractivity contribution is 0.321. The van der Waals surface area contributed by atoms with Crippen molar-refractivity contribution in [2.24, 2.45) is 0 Å². The van der Waals surface area contributed by atoms with Gasteiger partial charge in [-0.2, -0.15) is 0 Å². The molecule has 0 bridgehead atoms. The summed E-state index contributed by atoms with van der Waals surface area (Å²) >= 11 is 1.71. The molecular formula is C13H13N3OS. The van der Waals surface area contributed by atoms with E-state index >= 15 is 0 Å². The average Bonchev–Trinajstić information content (AvgIpc) is 2.95. The molecule has 3 rings (SSSR count). The summed E-state index contributed by atoms with van der Waals surface area (Å²) in [6, 6.07) is 4.04. The fourth-order valence-corrected chi connectivity index (χ4v) is 2.98. The molecule has 92 valence electrons. The van der Waals surface area contributed by atoms with Gasteiger partial charge in [-0.3, -0.25) is 9.38 Å². The van der Waals surface area contributed by atoms with Gasteiger partial charge in [-0.05, 0) is 18.6 Å². The number of thiazole rings is 1. The minimum Gasteiger partial charge on any atom is -0.478 e. The Bertz CT molecular complexity index is 645. The van der Waals surface area contributed by atoms with Crippen molar-refractivity contribution in [3.05, 3.63) is 47.5 Å². The maximum Gasteiger partial charge on any atom is 0.214 e. The summed E-state index contributed by atoms with van der Waals surface area (Å²) in [4.78, 5) is 10.6. The molecule has 0 aromatic carbocycles. The number of fused-ring (bicyclic) bond motifs is 1. The number of pyridine rings is 1. The molecule has 0 saturated heterocycles. The Morgan fingerprint density at radius 1 is 1.33 bits per heavy atom. The van der Waals surface area contributed by atoms with Crippen molar-refractivity contribution >= 4 is 16.2 Å². The molecule has 3 aromatic rings. The molecule has 5 heteroatoms. The zero-order valence-corrected chi connectivity index (χ0v) is 10.9. The zero-order chi connectivity index (χ0) is 12.4. The zero-order valence-electron chi connectivity index (χ0n) is 10.0. The number of rotatable bonds is 4. The smallest absolute Gasteiger partial charge is 0.214 e. The van der Waals surface area contributed by atoms with Crippen LogP contribution in [0.2, 0.25) is 0 Å². The van der Waals surface area contributed by atoms with E-state index in [9.17, 15) is 0 Å². The minimum absolute atomic E-state index is 0.657. The van der Waals surface area contributed by atoms with Crippen molar-refractivity contribution in [1.82, 2.24) is 14.4 Å². The van der Waals surface area contributed by atoms with Crippen LogP contribution in [0.3, 0.4) is 0 Å². The number of imidazole rings is 1. The molecule has 0 N–H and O–H groups in total. The number of hydrogen-bond acceptors (Lipinski definition) is 4. The van der Waals surface area contributed by atoms with Gasteiger partial charge in [0.2, 0.25) is 5.88 Å². The lowest BCUT2D eigenvalue weighted by atomic mass is 10.2. The lowest BCUT2D eigenvalue weighted by Gasteiger charge is -2.05. The summed E-state index contributed by atoms with van der Waals surface area (Å²) in [6.07, 6.45) is 8.18. The van der Waals surface area contributed by atoms with E-state index in [1.165, 1.54) is 10.4 Å². The summed E-state index contributed by atoms with van der Waals surface area (Å²) < 4.78 is 7.73. The van der Waals surface area contributed by atoms with Crippen LogP contribution in [0.1, 0.15) is 17.4 Å². The van der Waals surface area contributed by atoms with Gasteiger partial charge in [0, 0.05) is 18.8 Å². The van der Waals surface area contributed by atoms with E-state index in [4.69, 9.17) is 4.74 Å². The SMILES string of the molecule is CCOc1c(Cc2cccnc2)sc2cncn12. The summed E-state index contributed by atoms with van der Waals surface area (Å²) in [5, 5.41) is 0. The first-order valence-electron chi connectivity index (χ1n) is 5.84. The van der Waals surface area contributed by atoms with Gasteiger partial charge in [0.15, 0.2) is 0 Å². The molecule has 3 aromatic heterocycles. The fourth-order valence-electron chi connectivity index (χ4n) is 1.90. The molecule has 3 heterocycles. The highest BCUT2D eigenvalue weighted by atomic mass is 32.1. The van der Waals surface area contributed by atoms with Gasteiger partial charge in [-0.25, -0.2) is 4.98 Å². The third kappa shape index (κ3) is 1.97. The molecular weight excluding hydrogens is 246 g/mol. The second-order valence-corrected chi connectivity index (χ2v) is 5.02. The summed E-state index contributed by atoms with van der Waals surface area (Å²) in [5.74, 6) is 0.902. The maximum atomic E-state index is 5.73. The molecule has 0 unspecified atom stereocenters. The third-order valence-corrected chi connectivity index (χ3v) is 3.73. The van der Waals surface area contributed by atoms with Crippen molar-refractivity contribution in [3.63, 3.8) is 0 Å². The van der Waals surface area contributed by atoms with Gasteiger partial charge in [0.05, 0.1) is 17.7 Å². The van der Waals surface area contributed by atoms with E-state index in [0.29, 0.717) is 6.61 Å². The number of ether oxygens (including phenoxy) is 1. The van der Waals surface area contributed by atoms with Crippen LogP contribution in [-0.2, 0) is 6.42 Å². The summed E-state index contributed by atoms with van der Waals surface area (Å²) in [7, 11) is 0. The van der Waals surface area contributed by atoms with Crippen molar-refractivity contribution in [2.75, 3.05) is 6.61 Å². The molecule has 0 saturated carbocycles. The molecule has 0 atom stereocenters. The van der Waals surface area contributed by atoms with Crippen LogP contribution in [0, 0.1) is 0 Å². The van der Waals surface area contributed by atoms with Gasteiger partial charge in [0.1, 0.15) is 11.2 Å². The van der Waals surface area contributed by atoms with Crippen molar-refractivity contribution in [2.45, 2.75) is 13.3 Å². The average molecular weight is 259 g/mol. The van der Waals surface area contributed by atoms with Crippen LogP contribution in [0.25, 0.3) is 4.83 Å². The molecule has 4 nitrogen and oxygen atoms in total. The predicted molar refractivity (Wildman–Crippen MR) is 71.3 cm³/mol. The Morgan fingerprint density at radius 2 is 2.28 bits per heavy atom. The van der Waals surface area contributed by atoms with Gasteiger partial charge < -0.3 is 4.74 Å². The van der Waals surface area contributed by atoms with Crippen molar-refractivity contribution in [3.8, 4) is 5.88 Å². The Hall–Kier alpha value is -1.88. The molecule has 0 aliphatic rings. The lowest BCUT2D eigenvalue weighted by Crippen LogP contribution is -1.98. The highest BCUT2D eigenvalue weighted by Crippen LogP contribution is 2.31. The maximum absolute atomic E-state index is 5.73. The highest BCUT2D eigenvalue weighted by Gasteiger charge is 2.13. The highest BCUT2D eigenvalue weighted by molar-refractivity contribution is 7.17. The Labute approximate surface area is 109 Å². The van der Waals surface area contributed by atoms with Gasteiger partial charge in [-0.15, -0.1) is 11.3 Å². The monoisotopic (exact) mass is 259 g/mol. The van der Waals surface area contributed by atoms with Crippen LogP contribution in [0.4, 0.5) is 0 Å². The van der Waals surface area contributed by atoms with Crippen LogP contribution in [-0.4, -0.2) is 21.0 Å². The quantitative estimate of drug-likeness (QED) is 0.723. The molecule has 0 fully saturated rings. The molecule has 0 spiro atoms. The number of aromatic nitrogens is 3. The topological polar surface area (TPSA) is 39.4 Å². The van der Waals surface area contributed by atoms with Crippen LogP contribution < -0.4 is 4.74 Å². The fraction of sp³-hybridized carbons (Fsp3) is 0.231. The van der Waals surface area contributed by atoms with Gasteiger partial charge in [-0.1, -0.05) is 6.07 Å². The summed E-state index contributed by atoms with van der Waals surface area (Å²) in [5.41, 5.74) is 1.19. The van der Waals surface area contributed by atoms with Crippen LogP contribution in [0.15, 0.2) is 37.1 Å². The largest absolute Gasteiger partial charge is 0.478 e. The molecule has 0 aliphatic carbocycles. The van der Waals surface area contributed by atoms with E-state index in [2.05, 4.69) is 16.0 Å². The van der Waals surface area contributed by atoms with Gasteiger partial charge in [0.25, 0.3) is 0 Å². The third-order valence-electron chi connectivity index (χ3n) is 2.66. The Kier molecular flexibility index (Phi) is 2.98. The molecule has 0 amide bonds. The molecule has 0 aliphatic heterocycles. The first-order chi connectivity index (χ1) is 8.88. The predicted octanol–water partition coefficient (Wildman–Crippen LogP) is 2.78. The Balaban J connectivity index is 2.00. The molecule has 0 radical (unpaired) electrons. The van der Waals surface area contributed by atoms with Crippen LogP contribution >= 0.6 is 11.3 Å². The first kappa shape index (κ1) is 11.2. The number of hydrogen-bond donors (Lipinski definition) is 0. The second-order valence-electron chi connectivity index (χ2n) is 3.90. The van der Waals surface area contributed by atoms with Crippen molar-refractivity contribution in [1.29, 1.82) is 0 Å². The molecule has 18 heavy (non-hydrogen) atoms. The van der Waals surface area contributed by atoms with E-state index in [0.717, 1.165) is 17.1 Å². The van der Waals surface area contributed by atoms with E-state index < -0.39 is 0 Å². The van der Waals surface area contributed by atoms with Crippen LogP contribution in [0.5, 0.6) is 5.88 Å². The second kappa shape index (κ2) is 4.78. The minimum atomic E-state index is 0.657. The summed E-state index contributed by atoms with van der Waals surface area (Å²) in [6.45, 7) is 2.65. The van der Waals surface area contributed by atoms with Gasteiger partial charge >= 0.3 is 0 Å². The van der Waals surface area contributed by atoms with E-state index in [-0.39, 0.29) is 0 Å². The Morgan fingerprint density at radius 3 is 3.06 bits per heavy atom. The number of nitrogens with zero attached hydrogens (tertiary/aromatic N) is 3. The van der Waals surface area contributed by atoms with E-state index in [1.807, 2.05) is 29.8 Å².